The molecule has 0 radical (unpaired) electrons. The van der Waals surface area contributed by atoms with E-state index < -0.39 is 27.4 Å². The number of ether oxygens (including phenoxy) is 1. The zero-order valence-corrected chi connectivity index (χ0v) is 49.7. The number of benzene rings is 11. The third kappa shape index (κ3) is 8.63. The molecule has 0 unspecified atom stereocenters. The number of hydrogen-bond acceptors (Lipinski definition) is 2. The van der Waals surface area contributed by atoms with Crippen molar-refractivity contribution in [1.82, 2.24) is 18.7 Å². The van der Waals surface area contributed by atoms with Crippen LogP contribution in [0, 0.1) is 45.9 Å². The van der Waals surface area contributed by atoms with E-state index in [4.69, 9.17) is 17.9 Å². The molecule has 0 amide bonds. The van der Waals surface area contributed by atoms with Gasteiger partial charge in [0.2, 0.25) is 0 Å². The van der Waals surface area contributed by atoms with Crippen LogP contribution in [0.25, 0.3) is 133 Å². The molecule has 422 valence electrons. The summed E-state index contributed by atoms with van der Waals surface area (Å²) in [6.45, 7) is -5.11. The van der Waals surface area contributed by atoms with Gasteiger partial charge in [0.25, 0.3) is 6.33 Å². The Bertz CT molecular complexity index is 5690. The quantitative estimate of drug-likeness (QED) is 0.118. The monoisotopic (exact) mass is 1310 g/mol. The van der Waals surface area contributed by atoms with E-state index in [9.17, 15) is 8.22 Å². The predicted octanol–water partition coefficient (Wildman–Crippen LogP) is 19.9. The summed E-state index contributed by atoms with van der Waals surface area (Å²) in [4.78, 5) is 4.90. The standard InChI is InChI=1S/C80H59N5O.Pt/c1-49-21-18-22-50(2)76(49)53-41-67-61-29-10-8-27-59(61)60-28-9-11-30-62(60)68-45-56(84-70-34-15-12-31-63(70)64-32-13-16-35-71(64)84)46-74-79(68)83(78(67)69(42-53)77-51(3)23-19-24-52(77)4)48-82(74)55-25-20-26-57(44-55)86-58-37-38-66-65-33-14-17-36-72(65)85(73(66)47-58)75-43-54(39-40-81-75)80(5,6)7;/h8-43,45-46H,1-7H3;/q-2;/i1D3,2D3,3D3,4D3;. The molecule has 1 aliphatic heterocycles. The fraction of sp³-hybridized carbons (Fsp3) is 0.100. The molecule has 4 aromatic heterocycles. The topological polar surface area (TPSA) is 40.8 Å². The Labute approximate surface area is 538 Å². The number of para-hydroxylation sites is 3. The second-order valence-electron chi connectivity index (χ2n) is 23.1. The van der Waals surface area contributed by atoms with Crippen molar-refractivity contribution in [1.29, 1.82) is 0 Å². The molecule has 7 heteroatoms. The molecule has 0 saturated heterocycles. The molecule has 0 saturated carbocycles. The number of hydrogen-bond donors (Lipinski definition) is 0. The zero-order chi connectivity index (χ0) is 68.1. The molecule has 87 heavy (non-hydrogen) atoms. The third-order valence-electron chi connectivity index (χ3n) is 16.9. The van der Waals surface area contributed by atoms with Gasteiger partial charge in [-0.3, -0.25) is 4.57 Å². The van der Waals surface area contributed by atoms with Gasteiger partial charge >= 0.3 is 0 Å². The minimum absolute atomic E-state index is 0. The van der Waals surface area contributed by atoms with Crippen molar-refractivity contribution in [2.24, 2.45) is 0 Å². The zero-order valence-electron chi connectivity index (χ0n) is 59.4. The van der Waals surface area contributed by atoms with Crippen LogP contribution < -0.4 is 9.30 Å². The van der Waals surface area contributed by atoms with Crippen molar-refractivity contribution < 1.29 is 46.8 Å². The maximum Gasteiger partial charge on any atom is 0.268 e. The Balaban J connectivity index is 0.00000798. The maximum absolute atomic E-state index is 9.23. The first-order chi connectivity index (χ1) is 46.8. The van der Waals surface area contributed by atoms with Gasteiger partial charge in [0.1, 0.15) is 5.82 Å². The van der Waals surface area contributed by atoms with Crippen molar-refractivity contribution >= 4 is 54.6 Å². The fourth-order valence-corrected chi connectivity index (χ4v) is 13.0. The smallest absolute Gasteiger partial charge is 0.268 e. The Morgan fingerprint density at radius 2 is 1.00 bits per heavy atom. The van der Waals surface area contributed by atoms with E-state index in [0.717, 1.165) is 71.8 Å². The largest absolute Gasteiger partial charge is 0.510 e. The van der Waals surface area contributed by atoms with Gasteiger partial charge in [-0.15, -0.1) is 29.7 Å². The van der Waals surface area contributed by atoms with E-state index in [0.29, 0.717) is 50.5 Å². The van der Waals surface area contributed by atoms with Crippen molar-refractivity contribution in [2.75, 3.05) is 0 Å². The Kier molecular flexibility index (Phi) is 9.99. The van der Waals surface area contributed by atoms with Crippen LogP contribution in [0.1, 0.15) is 65.0 Å². The minimum Gasteiger partial charge on any atom is -0.510 e. The van der Waals surface area contributed by atoms with Gasteiger partial charge in [0, 0.05) is 77.2 Å². The summed E-state index contributed by atoms with van der Waals surface area (Å²) >= 11 is 0. The van der Waals surface area contributed by atoms with Crippen molar-refractivity contribution in [3.63, 3.8) is 0 Å². The molecule has 15 aromatic rings. The average Bonchev–Trinajstić information content (AvgIpc) is 1.59. The number of nitrogens with zero attached hydrogens (tertiary/aromatic N) is 5. The predicted molar refractivity (Wildman–Crippen MR) is 353 cm³/mol. The van der Waals surface area contributed by atoms with Gasteiger partial charge in [-0.1, -0.05) is 166 Å². The van der Waals surface area contributed by atoms with Gasteiger partial charge < -0.3 is 18.4 Å². The van der Waals surface area contributed by atoms with Crippen LogP contribution in [0.4, 0.5) is 0 Å². The molecule has 1 aliphatic rings. The van der Waals surface area contributed by atoms with Gasteiger partial charge in [-0.2, -0.15) is 18.2 Å². The number of aryl methyl sites for hydroxylation is 4. The fourth-order valence-electron chi connectivity index (χ4n) is 13.0. The summed E-state index contributed by atoms with van der Waals surface area (Å²) in [7, 11) is 0. The van der Waals surface area contributed by atoms with Crippen molar-refractivity contribution in [2.45, 2.75) is 53.6 Å². The van der Waals surface area contributed by atoms with E-state index in [1.807, 2.05) is 131 Å². The van der Waals surface area contributed by atoms with Crippen molar-refractivity contribution in [3.05, 3.63) is 277 Å². The number of pyridine rings is 1. The normalized spacial score (nSPS) is 14.6. The Morgan fingerprint density at radius 1 is 0.460 bits per heavy atom. The summed E-state index contributed by atoms with van der Waals surface area (Å²) in [5.74, 6) is 1.46. The summed E-state index contributed by atoms with van der Waals surface area (Å²) in [6, 6.07) is 77.1. The van der Waals surface area contributed by atoms with Crippen LogP contribution >= 0.6 is 0 Å². The molecule has 0 N–H and O–H groups in total. The van der Waals surface area contributed by atoms with E-state index in [-0.39, 0.29) is 76.7 Å². The molecule has 0 spiro atoms. The van der Waals surface area contributed by atoms with E-state index in [1.165, 1.54) is 36.4 Å². The summed E-state index contributed by atoms with van der Waals surface area (Å²) < 4.78 is 124. The van der Waals surface area contributed by atoms with Crippen LogP contribution in [-0.4, -0.2) is 18.7 Å². The molecule has 11 aromatic carbocycles. The molecule has 5 heterocycles. The maximum atomic E-state index is 9.23. The third-order valence-corrected chi connectivity index (χ3v) is 16.9. The molecular weight excluding hydrogens is 1240 g/mol. The molecule has 0 atom stereocenters. The SMILES string of the molecule is [2H]C([2H])([2H])c1cccc(C([2H])([2H])[2H])c1-c1cc2c(c(-c3c(C([2H])([2H])[2H])cccc3C([2H])([2H])[2H])c1)-[n+]1[c-]n(-c3[c-]c(Oc4[c-]c5c(cc4)c4ccccc4n5-c4cc(C(C)(C)C)ccn4)ccc3)c3cc(-n4c5ccccc5c5ccccc54)cc(c31)-c1ccccc1-c1ccccc1-2.[Pt]. The number of aromatic nitrogens is 5. The van der Waals surface area contributed by atoms with Crippen LogP contribution in [0.5, 0.6) is 11.5 Å². The number of fused-ring (bicyclic) bond motifs is 13. The molecule has 0 aliphatic carbocycles. The Morgan fingerprint density at radius 3 is 1.63 bits per heavy atom. The molecule has 0 fully saturated rings. The van der Waals surface area contributed by atoms with Crippen LogP contribution in [-0.2, 0) is 26.5 Å². The average molecular weight is 1310 g/mol. The van der Waals surface area contributed by atoms with E-state index >= 15 is 0 Å². The molecule has 6 nitrogen and oxygen atoms in total. The van der Waals surface area contributed by atoms with Crippen LogP contribution in [0.3, 0.4) is 0 Å². The van der Waals surface area contributed by atoms with Gasteiger partial charge in [-0.25, -0.2) is 4.98 Å². The van der Waals surface area contributed by atoms with Crippen LogP contribution in [0.15, 0.2) is 231 Å². The van der Waals surface area contributed by atoms with Crippen molar-refractivity contribution in [3.8, 4) is 90.0 Å². The van der Waals surface area contributed by atoms with Gasteiger partial charge in [-0.05, 0) is 182 Å². The van der Waals surface area contributed by atoms with E-state index in [1.54, 1.807) is 12.1 Å². The first kappa shape index (κ1) is 42.0. The second kappa shape index (κ2) is 20.7. The summed E-state index contributed by atoms with van der Waals surface area (Å²) in [5.41, 5.74) is 9.83. The van der Waals surface area contributed by atoms with Gasteiger partial charge in [0.15, 0.2) is 0 Å². The first-order valence-corrected chi connectivity index (χ1v) is 28.6. The van der Waals surface area contributed by atoms with Crippen LogP contribution in [0.2, 0.25) is 0 Å². The minimum atomic E-state index is -2.94. The Hall–Kier alpha value is -9.87. The summed E-state index contributed by atoms with van der Waals surface area (Å²) in [6.07, 6.45) is 5.63. The summed E-state index contributed by atoms with van der Waals surface area (Å²) in [5, 5.41) is 4.05. The van der Waals surface area contributed by atoms with Gasteiger partial charge in [0.05, 0.1) is 27.8 Å². The molecular formula is C80H59N5OPt-2. The second-order valence-corrected chi connectivity index (χ2v) is 23.1. The molecule has 0 bridgehead atoms. The van der Waals surface area contributed by atoms with E-state index in [2.05, 4.69) is 109 Å². The first-order valence-electron chi connectivity index (χ1n) is 34.6. The molecule has 16 rings (SSSR count). The number of rotatable bonds is 7. The number of imidazole rings is 1.